The minimum Gasteiger partial charge on any atom is -0.348 e. The molecular weight excluding hydrogens is 218 g/mol. The molecule has 2 heterocycles. The van der Waals surface area contributed by atoms with Crippen molar-refractivity contribution >= 4 is 11.7 Å². The van der Waals surface area contributed by atoms with Gasteiger partial charge in [-0.15, -0.1) is 0 Å². The van der Waals surface area contributed by atoms with Crippen molar-refractivity contribution in [2.75, 3.05) is 6.61 Å². The van der Waals surface area contributed by atoms with Gasteiger partial charge in [-0.25, -0.2) is 0 Å². The molecule has 17 heavy (non-hydrogen) atoms. The highest BCUT2D eigenvalue weighted by Gasteiger charge is 2.45. The molecule has 1 aromatic carbocycles. The molecule has 2 unspecified atom stereocenters. The summed E-state index contributed by atoms with van der Waals surface area (Å²) in [7, 11) is 0. The van der Waals surface area contributed by atoms with Gasteiger partial charge in [-0.2, -0.15) is 0 Å². The van der Waals surface area contributed by atoms with E-state index in [9.17, 15) is 9.59 Å². The normalized spacial score (nSPS) is 28.4. The van der Waals surface area contributed by atoms with Gasteiger partial charge < -0.3 is 9.64 Å². The van der Waals surface area contributed by atoms with E-state index in [1.807, 2.05) is 30.3 Å². The molecule has 88 valence electrons. The van der Waals surface area contributed by atoms with Gasteiger partial charge in [0.2, 0.25) is 5.91 Å². The van der Waals surface area contributed by atoms with Crippen LogP contribution in [-0.4, -0.2) is 29.4 Å². The third-order valence-corrected chi connectivity index (χ3v) is 3.33. The molecule has 0 N–H and O–H groups in total. The number of Topliss-reactive ketones (excluding diaryl/α,β-unsaturated/α-hetero) is 1. The third-order valence-electron chi connectivity index (χ3n) is 3.33. The van der Waals surface area contributed by atoms with Crippen LogP contribution in [0.25, 0.3) is 0 Å². The first-order valence-corrected chi connectivity index (χ1v) is 5.78. The van der Waals surface area contributed by atoms with E-state index in [1.54, 1.807) is 4.90 Å². The number of rotatable bonds is 1. The molecule has 0 spiro atoms. The summed E-state index contributed by atoms with van der Waals surface area (Å²) in [4.78, 5) is 25.2. The first kappa shape index (κ1) is 10.5. The number of benzene rings is 1. The summed E-state index contributed by atoms with van der Waals surface area (Å²) in [5.74, 6) is 0.0315. The summed E-state index contributed by atoms with van der Waals surface area (Å²) >= 11 is 0. The number of hydrogen-bond acceptors (Lipinski definition) is 3. The lowest BCUT2D eigenvalue weighted by molar-refractivity contribution is -0.153. The van der Waals surface area contributed by atoms with Crippen LogP contribution in [0.2, 0.25) is 0 Å². The van der Waals surface area contributed by atoms with E-state index >= 15 is 0 Å². The van der Waals surface area contributed by atoms with E-state index in [1.165, 1.54) is 0 Å². The zero-order valence-corrected chi connectivity index (χ0v) is 9.33. The topological polar surface area (TPSA) is 46.6 Å². The first-order chi connectivity index (χ1) is 8.27. The number of ketones is 1. The zero-order valence-electron chi connectivity index (χ0n) is 9.33. The van der Waals surface area contributed by atoms with E-state index in [2.05, 4.69) is 0 Å². The Hall–Kier alpha value is -1.68. The molecule has 4 heteroatoms. The number of nitrogens with zero attached hydrogens (tertiary/aromatic N) is 1. The van der Waals surface area contributed by atoms with E-state index in [4.69, 9.17) is 4.74 Å². The molecule has 2 fully saturated rings. The Morgan fingerprint density at radius 3 is 2.65 bits per heavy atom. The van der Waals surface area contributed by atoms with E-state index in [0.29, 0.717) is 19.4 Å². The zero-order chi connectivity index (χ0) is 11.8. The van der Waals surface area contributed by atoms with Crippen LogP contribution in [-0.2, 0) is 14.3 Å². The fraction of sp³-hybridized carbons (Fsp3) is 0.385. The van der Waals surface area contributed by atoms with Crippen LogP contribution < -0.4 is 0 Å². The molecular formula is C13H13NO3. The highest BCUT2D eigenvalue weighted by atomic mass is 16.5. The number of carbonyl (C=O) groups excluding carboxylic acids is 2. The second-order valence-corrected chi connectivity index (χ2v) is 4.38. The standard InChI is InChI=1S/C13H13NO3/c15-11-6-7-12(16)14-10(8-17-13(11)14)9-4-2-1-3-5-9/h1-5,10,13H,6-8H2. The summed E-state index contributed by atoms with van der Waals surface area (Å²) in [6.45, 7) is 0.409. The second-order valence-electron chi connectivity index (χ2n) is 4.38. The van der Waals surface area contributed by atoms with Crippen LogP contribution in [0.15, 0.2) is 30.3 Å². The maximum Gasteiger partial charge on any atom is 0.225 e. The highest BCUT2D eigenvalue weighted by Crippen LogP contribution is 2.34. The van der Waals surface area contributed by atoms with Gasteiger partial charge in [-0.1, -0.05) is 30.3 Å². The van der Waals surface area contributed by atoms with Crippen molar-refractivity contribution in [1.29, 1.82) is 0 Å². The third kappa shape index (κ3) is 1.65. The van der Waals surface area contributed by atoms with E-state index < -0.39 is 6.23 Å². The van der Waals surface area contributed by atoms with Crippen LogP contribution in [0.4, 0.5) is 0 Å². The molecule has 0 saturated carbocycles. The Kier molecular flexibility index (Phi) is 2.44. The van der Waals surface area contributed by atoms with Crippen LogP contribution in [0.3, 0.4) is 0 Å². The van der Waals surface area contributed by atoms with Gasteiger partial charge in [0, 0.05) is 12.8 Å². The van der Waals surface area contributed by atoms with Gasteiger partial charge >= 0.3 is 0 Å². The molecule has 2 atom stereocenters. The van der Waals surface area contributed by atoms with Gasteiger partial charge in [0.1, 0.15) is 0 Å². The summed E-state index contributed by atoms with van der Waals surface area (Å²) in [5.41, 5.74) is 1.03. The smallest absolute Gasteiger partial charge is 0.225 e. The maximum absolute atomic E-state index is 11.9. The number of hydrogen-bond donors (Lipinski definition) is 0. The number of ether oxygens (including phenoxy) is 1. The maximum atomic E-state index is 11.9. The van der Waals surface area contributed by atoms with E-state index in [0.717, 1.165) is 5.56 Å². The monoisotopic (exact) mass is 231 g/mol. The highest BCUT2D eigenvalue weighted by molar-refractivity contribution is 5.95. The van der Waals surface area contributed by atoms with Crippen molar-refractivity contribution in [1.82, 2.24) is 4.90 Å². The molecule has 2 aliphatic heterocycles. The van der Waals surface area contributed by atoms with Crippen molar-refractivity contribution in [3.05, 3.63) is 35.9 Å². The van der Waals surface area contributed by atoms with Crippen LogP contribution in [0.5, 0.6) is 0 Å². The van der Waals surface area contributed by atoms with Crippen molar-refractivity contribution in [2.24, 2.45) is 0 Å². The molecule has 2 saturated heterocycles. The Bertz CT molecular complexity index is 457. The number of amides is 1. The SMILES string of the molecule is O=C1CCC(=O)N2C1OCC2c1ccccc1. The van der Waals surface area contributed by atoms with Crippen LogP contribution in [0, 0.1) is 0 Å². The van der Waals surface area contributed by atoms with Crippen molar-refractivity contribution < 1.29 is 14.3 Å². The lowest BCUT2D eigenvalue weighted by Gasteiger charge is -2.31. The lowest BCUT2D eigenvalue weighted by Crippen LogP contribution is -2.46. The summed E-state index contributed by atoms with van der Waals surface area (Å²) < 4.78 is 5.46. The van der Waals surface area contributed by atoms with Crippen molar-refractivity contribution in [2.45, 2.75) is 25.1 Å². The number of carbonyl (C=O) groups is 2. The molecule has 0 aromatic heterocycles. The molecule has 0 radical (unpaired) electrons. The van der Waals surface area contributed by atoms with E-state index in [-0.39, 0.29) is 17.7 Å². The summed E-state index contributed by atoms with van der Waals surface area (Å²) in [6, 6.07) is 9.60. The summed E-state index contributed by atoms with van der Waals surface area (Å²) in [6.07, 6.45) is -0.0368. The molecule has 1 aromatic rings. The Morgan fingerprint density at radius 2 is 1.88 bits per heavy atom. The largest absolute Gasteiger partial charge is 0.348 e. The molecule has 4 nitrogen and oxygen atoms in total. The van der Waals surface area contributed by atoms with Gasteiger partial charge in [0.15, 0.2) is 12.0 Å². The van der Waals surface area contributed by atoms with Gasteiger partial charge in [0.05, 0.1) is 12.6 Å². The molecule has 1 amide bonds. The quantitative estimate of drug-likeness (QED) is 0.731. The van der Waals surface area contributed by atoms with Crippen molar-refractivity contribution in [3.8, 4) is 0 Å². The van der Waals surface area contributed by atoms with Gasteiger partial charge in [0.25, 0.3) is 0 Å². The second kappa shape index (κ2) is 3.96. The van der Waals surface area contributed by atoms with Gasteiger partial charge in [-0.05, 0) is 5.56 Å². The first-order valence-electron chi connectivity index (χ1n) is 5.78. The molecule has 3 rings (SSSR count). The minimum atomic E-state index is -0.651. The minimum absolute atomic E-state index is 0.0148. The molecule has 0 bridgehead atoms. The Labute approximate surface area is 99.2 Å². The number of piperidine rings is 1. The lowest BCUT2D eigenvalue weighted by atomic mass is 10.0. The van der Waals surface area contributed by atoms with Gasteiger partial charge in [-0.3, -0.25) is 9.59 Å². The molecule has 0 aliphatic carbocycles. The predicted octanol–water partition coefficient (Wildman–Crippen LogP) is 1.28. The number of fused-ring (bicyclic) bond motifs is 1. The molecule has 2 aliphatic rings. The Balaban J connectivity index is 1.93. The van der Waals surface area contributed by atoms with Crippen molar-refractivity contribution in [3.63, 3.8) is 0 Å². The average molecular weight is 231 g/mol. The average Bonchev–Trinajstić information content (AvgIpc) is 2.81. The fourth-order valence-corrected chi connectivity index (χ4v) is 2.47. The predicted molar refractivity (Wildman–Crippen MR) is 60.0 cm³/mol. The van der Waals surface area contributed by atoms with Crippen LogP contribution >= 0.6 is 0 Å². The summed E-state index contributed by atoms with van der Waals surface area (Å²) in [5, 5.41) is 0. The fourth-order valence-electron chi connectivity index (χ4n) is 2.47. The van der Waals surface area contributed by atoms with Crippen LogP contribution in [0.1, 0.15) is 24.4 Å². The Morgan fingerprint density at radius 1 is 1.12 bits per heavy atom.